The fourth-order valence-electron chi connectivity index (χ4n) is 3.22. The van der Waals surface area contributed by atoms with Gasteiger partial charge in [0.15, 0.2) is 0 Å². The third-order valence-electron chi connectivity index (χ3n) is 4.37. The SMILES string of the molecule is CCCN1C(=O)C(=O)/C(=C(\O)c2ccccc2OC)C1c1cccnc1. The molecule has 0 aliphatic carbocycles. The van der Waals surface area contributed by atoms with Crippen molar-refractivity contribution in [2.45, 2.75) is 19.4 Å². The summed E-state index contributed by atoms with van der Waals surface area (Å²) in [4.78, 5) is 30.9. The third kappa shape index (κ3) is 2.94. The zero-order valence-electron chi connectivity index (χ0n) is 14.7. The highest BCUT2D eigenvalue weighted by atomic mass is 16.5. The monoisotopic (exact) mass is 352 g/mol. The Balaban J connectivity index is 2.22. The van der Waals surface area contributed by atoms with Crippen molar-refractivity contribution in [3.63, 3.8) is 0 Å². The van der Waals surface area contributed by atoms with Gasteiger partial charge in [-0.25, -0.2) is 0 Å². The molecule has 134 valence electrons. The number of methoxy groups -OCH3 is 1. The lowest BCUT2D eigenvalue weighted by Crippen LogP contribution is -2.30. The molecule has 0 spiro atoms. The summed E-state index contributed by atoms with van der Waals surface area (Å²) in [6.45, 7) is 2.34. The first-order valence-electron chi connectivity index (χ1n) is 8.41. The number of likely N-dealkylation sites (tertiary alicyclic amines) is 1. The number of Topliss-reactive ketones (excluding diaryl/α,β-unsaturated/α-hetero) is 1. The molecule has 1 aliphatic heterocycles. The predicted octanol–water partition coefficient (Wildman–Crippen LogP) is 2.92. The van der Waals surface area contributed by atoms with Gasteiger partial charge in [-0.3, -0.25) is 14.6 Å². The number of ketones is 1. The number of ether oxygens (including phenoxy) is 1. The van der Waals surface area contributed by atoms with Crippen molar-refractivity contribution in [1.82, 2.24) is 9.88 Å². The van der Waals surface area contributed by atoms with E-state index in [-0.39, 0.29) is 11.3 Å². The second kappa shape index (κ2) is 7.39. The van der Waals surface area contributed by atoms with E-state index in [4.69, 9.17) is 4.74 Å². The Morgan fingerprint density at radius 1 is 1.23 bits per heavy atom. The van der Waals surface area contributed by atoms with E-state index in [1.165, 1.54) is 12.0 Å². The van der Waals surface area contributed by atoms with Gasteiger partial charge < -0.3 is 14.7 Å². The van der Waals surface area contributed by atoms with Crippen molar-refractivity contribution in [3.8, 4) is 5.75 Å². The summed E-state index contributed by atoms with van der Waals surface area (Å²) >= 11 is 0. The van der Waals surface area contributed by atoms with Crippen LogP contribution in [0.15, 0.2) is 54.4 Å². The topological polar surface area (TPSA) is 79.7 Å². The van der Waals surface area contributed by atoms with Crippen LogP contribution in [0.4, 0.5) is 0 Å². The van der Waals surface area contributed by atoms with Gasteiger partial charge in [0.05, 0.1) is 24.3 Å². The quantitative estimate of drug-likeness (QED) is 0.508. The Morgan fingerprint density at radius 2 is 2.00 bits per heavy atom. The fourth-order valence-corrected chi connectivity index (χ4v) is 3.22. The van der Waals surface area contributed by atoms with Crippen molar-refractivity contribution in [3.05, 3.63) is 65.5 Å². The third-order valence-corrected chi connectivity index (χ3v) is 4.37. The van der Waals surface area contributed by atoms with Gasteiger partial charge in [0.1, 0.15) is 11.5 Å². The lowest BCUT2D eigenvalue weighted by atomic mass is 9.96. The standard InChI is InChI=1S/C20H20N2O4/c1-3-11-22-17(13-7-6-10-21-12-13)16(19(24)20(22)25)18(23)14-8-4-5-9-15(14)26-2/h4-10,12,17,23H,3,11H2,1-2H3/b18-16-. The molecule has 0 radical (unpaired) electrons. The Kier molecular flexibility index (Phi) is 5.02. The minimum absolute atomic E-state index is 0.0564. The number of hydrogen-bond donors (Lipinski definition) is 1. The molecule has 1 atom stereocenters. The minimum Gasteiger partial charge on any atom is -0.507 e. The van der Waals surface area contributed by atoms with E-state index in [1.54, 1.807) is 48.8 Å². The predicted molar refractivity (Wildman–Crippen MR) is 96.5 cm³/mol. The highest BCUT2D eigenvalue weighted by molar-refractivity contribution is 6.46. The van der Waals surface area contributed by atoms with Crippen molar-refractivity contribution in [2.75, 3.05) is 13.7 Å². The summed E-state index contributed by atoms with van der Waals surface area (Å²) in [6, 6.07) is 9.71. The van der Waals surface area contributed by atoms with Gasteiger partial charge in [0.2, 0.25) is 0 Å². The van der Waals surface area contributed by atoms with Crippen molar-refractivity contribution in [1.29, 1.82) is 0 Å². The number of para-hydroxylation sites is 1. The molecule has 6 nitrogen and oxygen atoms in total. The van der Waals surface area contributed by atoms with Crippen LogP contribution < -0.4 is 4.74 Å². The first kappa shape index (κ1) is 17.7. The summed E-state index contributed by atoms with van der Waals surface area (Å²) < 4.78 is 5.29. The van der Waals surface area contributed by atoms with Gasteiger partial charge in [0.25, 0.3) is 11.7 Å². The number of aliphatic hydroxyl groups excluding tert-OH is 1. The largest absolute Gasteiger partial charge is 0.507 e. The van der Waals surface area contributed by atoms with Gasteiger partial charge in [-0.2, -0.15) is 0 Å². The first-order valence-corrected chi connectivity index (χ1v) is 8.41. The van der Waals surface area contributed by atoms with Gasteiger partial charge in [-0.15, -0.1) is 0 Å². The maximum Gasteiger partial charge on any atom is 0.295 e. The Hall–Kier alpha value is -3.15. The van der Waals surface area contributed by atoms with E-state index in [1.807, 2.05) is 6.92 Å². The molecule has 1 amide bonds. The van der Waals surface area contributed by atoms with Crippen molar-refractivity contribution >= 4 is 17.4 Å². The van der Waals surface area contributed by atoms with Crippen molar-refractivity contribution in [2.24, 2.45) is 0 Å². The molecule has 1 N–H and O–H groups in total. The van der Waals surface area contributed by atoms with Crippen LogP contribution in [0.5, 0.6) is 5.75 Å². The van der Waals surface area contributed by atoms with Crippen molar-refractivity contribution < 1.29 is 19.4 Å². The minimum atomic E-state index is -0.698. The lowest BCUT2D eigenvalue weighted by Gasteiger charge is -2.24. The van der Waals surface area contributed by atoms with Crippen LogP contribution >= 0.6 is 0 Å². The molecule has 2 aromatic rings. The molecule has 0 bridgehead atoms. The van der Waals surface area contributed by atoms with Gasteiger partial charge in [0, 0.05) is 18.9 Å². The highest BCUT2D eigenvalue weighted by Gasteiger charge is 2.45. The van der Waals surface area contributed by atoms with Crippen LogP contribution in [0.3, 0.4) is 0 Å². The number of carbonyl (C=O) groups is 2. The highest BCUT2D eigenvalue weighted by Crippen LogP contribution is 2.40. The average Bonchev–Trinajstić information content (AvgIpc) is 2.93. The van der Waals surface area contributed by atoms with E-state index in [2.05, 4.69) is 4.98 Å². The molecule has 6 heteroatoms. The molecule has 1 aromatic heterocycles. The summed E-state index contributed by atoms with van der Waals surface area (Å²) in [5, 5.41) is 10.9. The second-order valence-corrected chi connectivity index (χ2v) is 5.98. The summed E-state index contributed by atoms with van der Waals surface area (Å²) in [7, 11) is 1.49. The number of aliphatic hydroxyl groups is 1. The Labute approximate surface area is 151 Å². The zero-order valence-corrected chi connectivity index (χ0v) is 14.7. The number of amides is 1. The molecule has 0 saturated carbocycles. The Bertz CT molecular complexity index is 861. The summed E-state index contributed by atoms with van der Waals surface area (Å²) in [5.74, 6) is -1.13. The molecular weight excluding hydrogens is 332 g/mol. The molecule has 2 heterocycles. The molecule has 1 aromatic carbocycles. The number of carbonyl (C=O) groups excluding carboxylic acids is 2. The first-order chi connectivity index (χ1) is 12.6. The summed E-state index contributed by atoms with van der Waals surface area (Å²) in [5.41, 5.74) is 1.11. The van der Waals surface area contributed by atoms with Crippen LogP contribution in [0, 0.1) is 0 Å². The van der Waals surface area contributed by atoms with Gasteiger partial charge >= 0.3 is 0 Å². The van der Waals surface area contributed by atoms with Crippen LogP contribution in [-0.2, 0) is 9.59 Å². The number of benzene rings is 1. The number of aromatic nitrogens is 1. The maximum absolute atomic E-state index is 12.7. The average molecular weight is 352 g/mol. The van der Waals surface area contributed by atoms with Gasteiger partial charge in [-0.1, -0.05) is 25.1 Å². The smallest absolute Gasteiger partial charge is 0.295 e. The lowest BCUT2D eigenvalue weighted by molar-refractivity contribution is -0.139. The Morgan fingerprint density at radius 3 is 2.65 bits per heavy atom. The van der Waals surface area contributed by atoms with Crippen LogP contribution in [0.2, 0.25) is 0 Å². The molecule has 1 saturated heterocycles. The van der Waals surface area contributed by atoms with Crippen LogP contribution in [-0.4, -0.2) is 40.3 Å². The van der Waals surface area contributed by atoms with E-state index in [0.717, 1.165) is 0 Å². The normalized spacial score (nSPS) is 19.0. The zero-order chi connectivity index (χ0) is 18.7. The van der Waals surface area contributed by atoms with E-state index < -0.39 is 17.7 Å². The van der Waals surface area contributed by atoms with E-state index in [9.17, 15) is 14.7 Å². The molecule has 1 aliphatic rings. The summed E-state index contributed by atoms with van der Waals surface area (Å²) in [6.07, 6.45) is 3.92. The molecule has 26 heavy (non-hydrogen) atoms. The molecule has 1 fully saturated rings. The van der Waals surface area contributed by atoms with Gasteiger partial charge in [-0.05, 0) is 30.2 Å². The van der Waals surface area contributed by atoms with E-state index in [0.29, 0.717) is 29.8 Å². The number of hydrogen-bond acceptors (Lipinski definition) is 5. The molecular formula is C20H20N2O4. The number of nitrogens with zero attached hydrogens (tertiary/aromatic N) is 2. The number of rotatable bonds is 5. The maximum atomic E-state index is 12.7. The second-order valence-electron chi connectivity index (χ2n) is 5.98. The number of pyridine rings is 1. The van der Waals surface area contributed by atoms with Crippen LogP contribution in [0.1, 0.15) is 30.5 Å². The van der Waals surface area contributed by atoms with E-state index >= 15 is 0 Å². The molecule has 1 unspecified atom stereocenters. The molecule has 3 rings (SSSR count). The fraction of sp³-hybridized carbons (Fsp3) is 0.250. The van der Waals surface area contributed by atoms with Crippen LogP contribution in [0.25, 0.3) is 5.76 Å².